The molecule has 5 nitrogen and oxygen atoms in total. The Balaban J connectivity index is 2.17. The summed E-state index contributed by atoms with van der Waals surface area (Å²) in [5.41, 5.74) is 0.874. The molecule has 7 heteroatoms. The first-order valence-corrected chi connectivity index (χ1v) is 7.91. The number of aryl methyl sites for hydroxylation is 2. The van der Waals surface area contributed by atoms with E-state index in [1.165, 1.54) is 6.20 Å². The van der Waals surface area contributed by atoms with Crippen molar-refractivity contribution < 1.29 is 8.42 Å². The molecule has 0 radical (unpaired) electrons. The van der Waals surface area contributed by atoms with E-state index in [1.54, 1.807) is 18.5 Å². The van der Waals surface area contributed by atoms with E-state index in [1.807, 2.05) is 24.3 Å². The lowest BCUT2D eigenvalue weighted by Gasteiger charge is -2.06. The highest BCUT2D eigenvalue weighted by Gasteiger charge is 2.18. The van der Waals surface area contributed by atoms with Gasteiger partial charge in [0.2, 0.25) is 0 Å². The van der Waals surface area contributed by atoms with Crippen LogP contribution in [-0.2, 0) is 23.6 Å². The molecule has 0 saturated heterocycles. The molecule has 0 aliphatic heterocycles. The van der Waals surface area contributed by atoms with Crippen molar-refractivity contribution in [3.8, 4) is 0 Å². The third-order valence-corrected chi connectivity index (χ3v) is 4.82. The quantitative estimate of drug-likeness (QED) is 0.922. The van der Waals surface area contributed by atoms with Crippen molar-refractivity contribution in [2.45, 2.75) is 18.5 Å². The standard InChI is InChI=1S/C12H14BrN3O2S/c1-9-15-12(8-16(9)2)19(17,18)14-7-10-5-3-4-6-11(10)13/h3-6,8,14H,7H2,1-2H3. The number of aromatic nitrogens is 2. The van der Waals surface area contributed by atoms with Gasteiger partial charge in [0.25, 0.3) is 10.0 Å². The molecule has 1 aromatic carbocycles. The number of nitrogens with zero attached hydrogens (tertiary/aromatic N) is 2. The second kappa shape index (κ2) is 5.44. The molecule has 0 aliphatic rings. The van der Waals surface area contributed by atoms with Crippen LogP contribution in [0.15, 0.2) is 40.0 Å². The van der Waals surface area contributed by atoms with Gasteiger partial charge in [-0.25, -0.2) is 18.1 Å². The van der Waals surface area contributed by atoms with Gasteiger partial charge in [-0.2, -0.15) is 0 Å². The fourth-order valence-corrected chi connectivity index (χ4v) is 3.01. The average molecular weight is 344 g/mol. The predicted molar refractivity (Wildman–Crippen MR) is 76.1 cm³/mol. The zero-order valence-electron chi connectivity index (χ0n) is 10.6. The number of sulfonamides is 1. The molecule has 2 rings (SSSR count). The number of benzene rings is 1. The van der Waals surface area contributed by atoms with Crippen molar-refractivity contribution in [1.82, 2.24) is 14.3 Å². The number of rotatable bonds is 4. The molecular weight excluding hydrogens is 330 g/mol. The lowest BCUT2D eigenvalue weighted by atomic mass is 10.2. The van der Waals surface area contributed by atoms with Crippen LogP contribution in [0, 0.1) is 6.92 Å². The van der Waals surface area contributed by atoms with Crippen LogP contribution >= 0.6 is 15.9 Å². The summed E-state index contributed by atoms with van der Waals surface area (Å²) in [5.74, 6) is 0.654. The molecule has 1 aromatic heterocycles. The normalized spacial score (nSPS) is 11.7. The Kier molecular flexibility index (Phi) is 4.07. The summed E-state index contributed by atoms with van der Waals surface area (Å²) in [6, 6.07) is 7.47. The van der Waals surface area contributed by atoms with Gasteiger partial charge < -0.3 is 4.57 Å². The molecule has 0 fully saturated rings. The summed E-state index contributed by atoms with van der Waals surface area (Å²) < 4.78 is 29.2. The Morgan fingerprint density at radius 3 is 2.63 bits per heavy atom. The van der Waals surface area contributed by atoms with Gasteiger partial charge in [-0.3, -0.25) is 0 Å². The Labute approximate surface area is 120 Å². The third-order valence-electron chi connectivity index (χ3n) is 2.77. The van der Waals surface area contributed by atoms with Gasteiger partial charge in [-0.15, -0.1) is 0 Å². The molecule has 1 heterocycles. The van der Waals surface area contributed by atoms with E-state index < -0.39 is 10.0 Å². The van der Waals surface area contributed by atoms with E-state index in [4.69, 9.17) is 0 Å². The minimum atomic E-state index is -3.58. The fourth-order valence-electron chi connectivity index (χ4n) is 1.54. The zero-order valence-corrected chi connectivity index (χ0v) is 13.0. The summed E-state index contributed by atoms with van der Waals surface area (Å²) in [7, 11) is -1.82. The van der Waals surface area contributed by atoms with Crippen LogP contribution in [0.5, 0.6) is 0 Å². The average Bonchev–Trinajstić information content (AvgIpc) is 2.70. The summed E-state index contributed by atoms with van der Waals surface area (Å²) >= 11 is 3.38. The Bertz CT molecular complexity index is 675. The van der Waals surface area contributed by atoms with E-state index >= 15 is 0 Å². The lowest BCUT2D eigenvalue weighted by molar-refractivity contribution is 0.577. The molecule has 2 aromatic rings. The highest BCUT2D eigenvalue weighted by molar-refractivity contribution is 9.10. The molecular formula is C12H14BrN3O2S. The summed E-state index contributed by atoms with van der Waals surface area (Å²) in [5, 5.41) is 0.0413. The van der Waals surface area contributed by atoms with Gasteiger partial charge in [0.15, 0.2) is 5.03 Å². The van der Waals surface area contributed by atoms with E-state index in [-0.39, 0.29) is 11.6 Å². The van der Waals surface area contributed by atoms with Crippen LogP contribution in [0.2, 0.25) is 0 Å². The van der Waals surface area contributed by atoms with Crippen molar-refractivity contribution >= 4 is 26.0 Å². The highest BCUT2D eigenvalue weighted by Crippen LogP contribution is 2.16. The largest absolute Gasteiger partial charge is 0.337 e. The topological polar surface area (TPSA) is 64.0 Å². The molecule has 0 aliphatic carbocycles. The maximum absolute atomic E-state index is 12.1. The minimum Gasteiger partial charge on any atom is -0.337 e. The smallest absolute Gasteiger partial charge is 0.259 e. The molecule has 102 valence electrons. The summed E-state index contributed by atoms with van der Waals surface area (Å²) in [6.45, 7) is 1.98. The molecule has 0 amide bonds. The van der Waals surface area contributed by atoms with Gasteiger partial charge in [-0.05, 0) is 18.6 Å². The van der Waals surface area contributed by atoms with Crippen molar-refractivity contribution in [3.05, 3.63) is 46.3 Å². The number of halogens is 1. The summed E-state index contributed by atoms with van der Waals surface area (Å²) in [6.07, 6.45) is 1.50. The number of hydrogen-bond acceptors (Lipinski definition) is 3. The van der Waals surface area contributed by atoms with Crippen LogP contribution in [0.3, 0.4) is 0 Å². The fraction of sp³-hybridized carbons (Fsp3) is 0.250. The van der Waals surface area contributed by atoms with Gasteiger partial charge in [-0.1, -0.05) is 34.1 Å². The number of imidazole rings is 1. The number of nitrogens with one attached hydrogen (secondary N) is 1. The maximum atomic E-state index is 12.1. The molecule has 19 heavy (non-hydrogen) atoms. The van der Waals surface area contributed by atoms with E-state index in [9.17, 15) is 8.42 Å². The van der Waals surface area contributed by atoms with E-state index in [0.717, 1.165) is 10.0 Å². The van der Waals surface area contributed by atoms with Gasteiger partial charge in [0.1, 0.15) is 5.82 Å². The van der Waals surface area contributed by atoms with Crippen LogP contribution in [-0.4, -0.2) is 18.0 Å². The highest BCUT2D eigenvalue weighted by atomic mass is 79.9. The van der Waals surface area contributed by atoms with Crippen LogP contribution in [0.1, 0.15) is 11.4 Å². The molecule has 0 atom stereocenters. The predicted octanol–water partition coefficient (Wildman–Crippen LogP) is 1.97. The van der Waals surface area contributed by atoms with Crippen molar-refractivity contribution in [2.24, 2.45) is 7.05 Å². The van der Waals surface area contributed by atoms with Gasteiger partial charge in [0, 0.05) is 24.3 Å². The zero-order chi connectivity index (χ0) is 14.0. The molecule has 1 N–H and O–H groups in total. The maximum Gasteiger partial charge on any atom is 0.259 e. The first kappa shape index (κ1) is 14.2. The molecule has 0 bridgehead atoms. The van der Waals surface area contributed by atoms with Crippen LogP contribution < -0.4 is 4.72 Å². The molecule has 0 saturated carbocycles. The summed E-state index contributed by atoms with van der Waals surface area (Å²) in [4.78, 5) is 4.02. The monoisotopic (exact) mass is 343 g/mol. The first-order valence-electron chi connectivity index (χ1n) is 5.63. The van der Waals surface area contributed by atoms with Crippen molar-refractivity contribution in [1.29, 1.82) is 0 Å². The second-order valence-corrected chi connectivity index (χ2v) is 6.72. The number of hydrogen-bond donors (Lipinski definition) is 1. The van der Waals surface area contributed by atoms with E-state index in [2.05, 4.69) is 25.6 Å². The van der Waals surface area contributed by atoms with Crippen molar-refractivity contribution in [3.63, 3.8) is 0 Å². The Hall–Kier alpha value is -1.18. The van der Waals surface area contributed by atoms with Crippen molar-refractivity contribution in [2.75, 3.05) is 0 Å². The second-order valence-electron chi connectivity index (χ2n) is 4.15. The van der Waals surface area contributed by atoms with Gasteiger partial charge >= 0.3 is 0 Å². The first-order chi connectivity index (χ1) is 8.90. The van der Waals surface area contributed by atoms with Gasteiger partial charge in [0.05, 0.1) is 0 Å². The third kappa shape index (κ3) is 3.23. The lowest BCUT2D eigenvalue weighted by Crippen LogP contribution is -2.23. The van der Waals surface area contributed by atoms with Crippen LogP contribution in [0.4, 0.5) is 0 Å². The minimum absolute atomic E-state index is 0.0413. The SMILES string of the molecule is Cc1nc(S(=O)(=O)NCc2ccccc2Br)cn1C. The van der Waals surface area contributed by atoms with Crippen LogP contribution in [0.25, 0.3) is 0 Å². The Morgan fingerprint density at radius 1 is 1.37 bits per heavy atom. The Morgan fingerprint density at radius 2 is 2.05 bits per heavy atom. The van der Waals surface area contributed by atoms with E-state index in [0.29, 0.717) is 5.82 Å². The molecule has 0 unspecified atom stereocenters. The molecule has 0 spiro atoms.